The second-order valence-corrected chi connectivity index (χ2v) is 14.2. The van der Waals surface area contributed by atoms with E-state index in [1.807, 2.05) is 19.1 Å². The first-order chi connectivity index (χ1) is 18.9. The molecular formula is C29H41F3N2O5S. The van der Waals surface area contributed by atoms with Crippen molar-refractivity contribution in [3.05, 3.63) is 29.8 Å². The zero-order valence-corrected chi connectivity index (χ0v) is 24.1. The van der Waals surface area contributed by atoms with Crippen molar-refractivity contribution >= 4 is 16.0 Å². The molecule has 4 aliphatic rings. The van der Waals surface area contributed by atoms with Gasteiger partial charge in [0.1, 0.15) is 5.72 Å². The molecule has 4 fully saturated rings. The van der Waals surface area contributed by atoms with E-state index in [9.17, 15) is 26.4 Å². The number of benzene rings is 1. The van der Waals surface area contributed by atoms with Gasteiger partial charge in [-0.15, -0.1) is 0 Å². The molecule has 2 atom stereocenters. The molecule has 1 aromatic rings. The van der Waals surface area contributed by atoms with Crippen LogP contribution >= 0.6 is 0 Å². The molecule has 1 spiro atoms. The summed E-state index contributed by atoms with van der Waals surface area (Å²) < 4.78 is 76.8. The van der Waals surface area contributed by atoms with Crippen molar-refractivity contribution < 1.29 is 35.9 Å². The standard InChI is InChI=1S/C29H41F3N2O5S/c1-22-5-7-25(8-6-22)40(36,37)33-17-11-23(12-18-33)9-15-27-16-10-24(19-26(35)38-21-29(30,31)32)34(27)28(39-20-27)13-3-2-4-14-28/h5-8,23-24H,2-4,9-21H2,1H3/t24-,27-/m1/s1. The number of hydrogen-bond acceptors (Lipinski definition) is 6. The van der Waals surface area contributed by atoms with Crippen LogP contribution in [-0.2, 0) is 24.3 Å². The van der Waals surface area contributed by atoms with Crippen LogP contribution in [0.25, 0.3) is 0 Å². The van der Waals surface area contributed by atoms with Gasteiger partial charge in [0.2, 0.25) is 10.0 Å². The van der Waals surface area contributed by atoms with Crippen LogP contribution in [0.3, 0.4) is 0 Å². The maximum Gasteiger partial charge on any atom is 0.422 e. The van der Waals surface area contributed by atoms with Crippen LogP contribution in [0.4, 0.5) is 13.2 Å². The summed E-state index contributed by atoms with van der Waals surface area (Å²) in [7, 11) is -3.51. The van der Waals surface area contributed by atoms with Gasteiger partial charge in [0, 0.05) is 24.7 Å². The Morgan fingerprint density at radius 2 is 1.73 bits per heavy atom. The van der Waals surface area contributed by atoms with E-state index >= 15 is 0 Å². The Balaban J connectivity index is 1.22. The average molecular weight is 587 g/mol. The Morgan fingerprint density at radius 1 is 1.05 bits per heavy atom. The van der Waals surface area contributed by atoms with E-state index in [1.165, 1.54) is 0 Å². The largest absolute Gasteiger partial charge is 0.456 e. The lowest BCUT2D eigenvalue weighted by Crippen LogP contribution is -2.56. The Hall–Kier alpha value is -1.69. The van der Waals surface area contributed by atoms with Crippen molar-refractivity contribution in [3.8, 4) is 0 Å². The highest BCUT2D eigenvalue weighted by Gasteiger charge is 2.61. The lowest BCUT2D eigenvalue weighted by atomic mass is 9.83. The highest BCUT2D eigenvalue weighted by molar-refractivity contribution is 7.89. The van der Waals surface area contributed by atoms with Gasteiger partial charge >= 0.3 is 12.1 Å². The molecule has 3 heterocycles. The van der Waals surface area contributed by atoms with Crippen molar-refractivity contribution in [1.82, 2.24) is 9.21 Å². The van der Waals surface area contributed by atoms with Crippen LogP contribution in [-0.4, -0.2) is 73.4 Å². The predicted octanol–water partition coefficient (Wildman–Crippen LogP) is 5.57. The molecule has 1 saturated carbocycles. The molecule has 1 aromatic carbocycles. The van der Waals surface area contributed by atoms with Crippen LogP contribution < -0.4 is 0 Å². The molecule has 0 amide bonds. The van der Waals surface area contributed by atoms with Crippen LogP contribution in [0.15, 0.2) is 29.2 Å². The molecule has 0 N–H and O–H groups in total. The Kier molecular flexibility index (Phi) is 8.59. The number of aryl methyl sites for hydroxylation is 1. The fourth-order valence-corrected chi connectivity index (χ4v) is 8.97. The summed E-state index contributed by atoms with van der Waals surface area (Å²) in [6.07, 6.45) is 5.32. The maximum absolute atomic E-state index is 13.1. The van der Waals surface area contributed by atoms with E-state index in [4.69, 9.17) is 4.74 Å². The van der Waals surface area contributed by atoms with Crippen LogP contribution in [0, 0.1) is 12.8 Å². The topological polar surface area (TPSA) is 76.2 Å². The third kappa shape index (κ3) is 6.22. The lowest BCUT2D eigenvalue weighted by Gasteiger charge is -2.46. The van der Waals surface area contributed by atoms with Gasteiger partial charge in [-0.25, -0.2) is 8.42 Å². The molecule has 40 heavy (non-hydrogen) atoms. The van der Waals surface area contributed by atoms with E-state index < -0.39 is 34.5 Å². The van der Waals surface area contributed by atoms with Gasteiger partial charge in [-0.1, -0.05) is 24.1 Å². The van der Waals surface area contributed by atoms with Crippen molar-refractivity contribution in [1.29, 1.82) is 0 Å². The first-order valence-electron chi connectivity index (χ1n) is 14.7. The van der Waals surface area contributed by atoms with Crippen LogP contribution in [0.5, 0.6) is 0 Å². The van der Waals surface area contributed by atoms with Crippen molar-refractivity contribution in [2.45, 2.75) is 112 Å². The SMILES string of the molecule is Cc1ccc(S(=O)(=O)N2CCC(CC[C@]34CC[C@H](CC(=O)OCC(F)(F)F)N3C3(CCCCC3)OC4)CC2)cc1. The minimum Gasteiger partial charge on any atom is -0.456 e. The van der Waals surface area contributed by atoms with E-state index in [1.54, 1.807) is 16.4 Å². The number of piperidine rings is 1. The molecule has 3 saturated heterocycles. The number of rotatable bonds is 8. The van der Waals surface area contributed by atoms with Gasteiger partial charge in [-0.2, -0.15) is 17.5 Å². The molecule has 5 rings (SSSR count). The second kappa shape index (κ2) is 11.5. The average Bonchev–Trinajstić information content (AvgIpc) is 3.43. The first kappa shape index (κ1) is 29.8. The monoisotopic (exact) mass is 586 g/mol. The number of carbonyl (C=O) groups excluding carboxylic acids is 1. The van der Waals surface area contributed by atoms with Crippen molar-refractivity contribution in [2.75, 3.05) is 26.3 Å². The Labute approximate surface area is 235 Å². The Morgan fingerprint density at radius 3 is 2.38 bits per heavy atom. The fraction of sp³-hybridized carbons (Fsp3) is 0.759. The van der Waals surface area contributed by atoms with Crippen LogP contribution in [0.1, 0.15) is 82.6 Å². The minimum atomic E-state index is -4.54. The van der Waals surface area contributed by atoms with E-state index in [0.717, 1.165) is 76.2 Å². The van der Waals surface area contributed by atoms with Gasteiger partial charge in [-0.05, 0) is 89.2 Å². The molecule has 7 nitrogen and oxygen atoms in total. The number of ether oxygens (including phenoxy) is 2. The summed E-state index contributed by atoms with van der Waals surface area (Å²) in [6, 6.07) is 6.78. The number of fused-ring (bicyclic) bond motifs is 2. The van der Waals surface area contributed by atoms with Gasteiger partial charge < -0.3 is 9.47 Å². The van der Waals surface area contributed by atoms with E-state index in [-0.39, 0.29) is 18.0 Å². The third-order valence-corrected chi connectivity index (χ3v) is 11.5. The van der Waals surface area contributed by atoms with E-state index in [2.05, 4.69) is 9.64 Å². The number of alkyl halides is 3. The molecule has 224 valence electrons. The van der Waals surface area contributed by atoms with Crippen molar-refractivity contribution in [2.24, 2.45) is 5.92 Å². The number of sulfonamides is 1. The Bertz CT molecular complexity index is 1150. The highest BCUT2D eigenvalue weighted by atomic mass is 32.2. The molecule has 0 bridgehead atoms. The first-order valence-corrected chi connectivity index (χ1v) is 16.1. The number of esters is 1. The molecule has 11 heteroatoms. The molecular weight excluding hydrogens is 545 g/mol. The predicted molar refractivity (Wildman–Crippen MR) is 143 cm³/mol. The summed E-state index contributed by atoms with van der Waals surface area (Å²) in [5.41, 5.74) is 0.330. The van der Waals surface area contributed by atoms with Crippen molar-refractivity contribution in [3.63, 3.8) is 0 Å². The van der Waals surface area contributed by atoms with Crippen LogP contribution in [0.2, 0.25) is 0 Å². The zero-order valence-electron chi connectivity index (χ0n) is 23.3. The summed E-state index contributed by atoms with van der Waals surface area (Å²) in [6.45, 7) is 1.93. The lowest BCUT2D eigenvalue weighted by molar-refractivity contribution is -0.188. The summed E-state index contributed by atoms with van der Waals surface area (Å²) >= 11 is 0. The number of hydrogen-bond donors (Lipinski definition) is 0. The van der Waals surface area contributed by atoms with Gasteiger partial charge in [-0.3, -0.25) is 9.69 Å². The highest BCUT2D eigenvalue weighted by Crippen LogP contribution is 2.54. The number of carbonyl (C=O) groups is 1. The van der Waals surface area contributed by atoms with Gasteiger partial charge in [0.05, 0.1) is 17.9 Å². The zero-order chi connectivity index (χ0) is 28.6. The van der Waals surface area contributed by atoms with E-state index in [0.29, 0.717) is 30.5 Å². The molecule has 0 aromatic heterocycles. The fourth-order valence-electron chi connectivity index (χ4n) is 7.50. The molecule has 3 aliphatic heterocycles. The normalized spacial score (nSPS) is 28.1. The van der Waals surface area contributed by atoms with Gasteiger partial charge in [0.25, 0.3) is 0 Å². The smallest absolute Gasteiger partial charge is 0.422 e. The summed E-state index contributed by atoms with van der Waals surface area (Å²) in [4.78, 5) is 15.1. The minimum absolute atomic E-state index is 0.0573. The maximum atomic E-state index is 13.1. The van der Waals surface area contributed by atoms with Gasteiger partial charge in [0.15, 0.2) is 6.61 Å². The molecule has 0 radical (unpaired) electrons. The summed E-state index contributed by atoms with van der Waals surface area (Å²) in [5, 5.41) is 0. The number of nitrogens with zero attached hydrogens (tertiary/aromatic N) is 2. The number of halogens is 3. The summed E-state index contributed by atoms with van der Waals surface area (Å²) in [5.74, 6) is -0.419. The third-order valence-electron chi connectivity index (χ3n) is 9.55. The second-order valence-electron chi connectivity index (χ2n) is 12.3. The molecule has 0 unspecified atom stereocenters. The quantitative estimate of drug-likeness (QED) is 0.371. The molecule has 1 aliphatic carbocycles.